The first-order valence-corrected chi connectivity index (χ1v) is 7.92. The molecule has 4 nitrogen and oxygen atoms in total. The van der Waals surface area contributed by atoms with E-state index in [-0.39, 0.29) is 17.6 Å². The number of thiazole rings is 1. The van der Waals surface area contributed by atoms with Crippen LogP contribution in [0.25, 0.3) is 21.2 Å². The Labute approximate surface area is 135 Å². The summed E-state index contributed by atoms with van der Waals surface area (Å²) in [5, 5.41) is 0.904. The quantitative estimate of drug-likeness (QED) is 0.538. The third-order valence-electron chi connectivity index (χ3n) is 3.63. The van der Waals surface area contributed by atoms with Crippen molar-refractivity contribution < 1.29 is 9.21 Å². The van der Waals surface area contributed by atoms with Gasteiger partial charge in [-0.25, -0.2) is 4.98 Å². The molecule has 23 heavy (non-hydrogen) atoms. The fourth-order valence-corrected chi connectivity index (χ4v) is 3.38. The van der Waals surface area contributed by atoms with Gasteiger partial charge < -0.3 is 4.42 Å². The Kier molecular flexibility index (Phi) is 3.28. The highest BCUT2D eigenvalue weighted by molar-refractivity contribution is 7.20. The van der Waals surface area contributed by atoms with Gasteiger partial charge in [-0.15, -0.1) is 11.3 Å². The molecule has 0 saturated heterocycles. The van der Waals surface area contributed by atoms with Gasteiger partial charge in [-0.05, 0) is 24.3 Å². The lowest BCUT2D eigenvalue weighted by Crippen LogP contribution is -2.13. The second-order valence-corrected chi connectivity index (χ2v) is 6.20. The van der Waals surface area contributed by atoms with Crippen LogP contribution in [0.15, 0.2) is 64.0 Å². The van der Waals surface area contributed by atoms with Gasteiger partial charge in [0.25, 0.3) is 0 Å². The second-order valence-electron chi connectivity index (χ2n) is 5.17. The van der Waals surface area contributed by atoms with Crippen LogP contribution in [0.3, 0.4) is 0 Å². The fraction of sp³-hybridized carbons (Fsp3) is 0.0556. The number of fused-ring (bicyclic) bond motifs is 2. The molecule has 0 aliphatic heterocycles. The van der Waals surface area contributed by atoms with Gasteiger partial charge in [0.1, 0.15) is 5.58 Å². The van der Waals surface area contributed by atoms with Gasteiger partial charge in [0, 0.05) is 12.0 Å². The molecule has 0 aliphatic carbocycles. The molecule has 0 amide bonds. The Bertz CT molecular complexity index is 1060. The number of Topliss-reactive ketones (excluding diaryl/α,β-unsaturated/α-hetero) is 1. The Morgan fingerprint density at radius 2 is 1.87 bits per heavy atom. The van der Waals surface area contributed by atoms with E-state index in [1.54, 1.807) is 24.3 Å². The van der Waals surface area contributed by atoms with E-state index in [9.17, 15) is 9.59 Å². The maximum Gasteiger partial charge on any atom is 0.196 e. The van der Waals surface area contributed by atoms with E-state index in [0.717, 1.165) is 10.2 Å². The van der Waals surface area contributed by atoms with Crippen LogP contribution >= 0.6 is 11.3 Å². The molecule has 0 fully saturated rings. The van der Waals surface area contributed by atoms with Crippen LogP contribution in [0.4, 0.5) is 0 Å². The Morgan fingerprint density at radius 1 is 1.09 bits per heavy atom. The monoisotopic (exact) mass is 321 g/mol. The van der Waals surface area contributed by atoms with Crippen LogP contribution in [-0.2, 0) is 6.42 Å². The molecule has 2 heterocycles. The van der Waals surface area contributed by atoms with E-state index in [2.05, 4.69) is 4.98 Å². The summed E-state index contributed by atoms with van der Waals surface area (Å²) in [6.45, 7) is 0. The fourth-order valence-electron chi connectivity index (χ4n) is 2.48. The van der Waals surface area contributed by atoms with Gasteiger partial charge >= 0.3 is 0 Å². The molecule has 4 aromatic rings. The van der Waals surface area contributed by atoms with Gasteiger partial charge in [-0.3, -0.25) is 9.59 Å². The molecule has 5 heteroatoms. The average molecular weight is 321 g/mol. The number of carbonyl (C=O) groups is 1. The topological polar surface area (TPSA) is 60.2 Å². The summed E-state index contributed by atoms with van der Waals surface area (Å²) in [7, 11) is 0. The third-order valence-corrected chi connectivity index (χ3v) is 4.71. The zero-order valence-electron chi connectivity index (χ0n) is 12.0. The van der Waals surface area contributed by atoms with Crippen LogP contribution in [0.5, 0.6) is 0 Å². The maximum absolute atomic E-state index is 12.4. The number of nitrogens with zero attached hydrogens (tertiary/aromatic N) is 1. The minimum atomic E-state index is -0.172. The highest BCUT2D eigenvalue weighted by Gasteiger charge is 2.16. The van der Waals surface area contributed by atoms with Crippen LogP contribution in [0.2, 0.25) is 0 Å². The summed E-state index contributed by atoms with van der Waals surface area (Å²) < 4.78 is 6.41. The van der Waals surface area contributed by atoms with Crippen molar-refractivity contribution in [1.29, 1.82) is 0 Å². The van der Waals surface area contributed by atoms with E-state index < -0.39 is 0 Å². The first-order chi connectivity index (χ1) is 11.2. The molecule has 2 aromatic carbocycles. The molecule has 0 spiro atoms. The van der Waals surface area contributed by atoms with Gasteiger partial charge in [-0.2, -0.15) is 0 Å². The third kappa shape index (κ3) is 2.45. The number of benzene rings is 2. The van der Waals surface area contributed by atoms with Crippen molar-refractivity contribution >= 4 is 38.3 Å². The van der Waals surface area contributed by atoms with E-state index in [1.165, 1.54) is 17.6 Å². The minimum absolute atomic E-state index is 0.00695. The Morgan fingerprint density at radius 3 is 2.74 bits per heavy atom. The summed E-state index contributed by atoms with van der Waals surface area (Å²) in [4.78, 5) is 29.2. The highest BCUT2D eigenvalue weighted by atomic mass is 32.1. The van der Waals surface area contributed by atoms with Crippen molar-refractivity contribution in [2.75, 3.05) is 0 Å². The standard InChI is InChI=1S/C18H11NO3S/c20-14(18-19-13-6-2-4-8-16(13)23-18)9-11-10-22-15-7-3-1-5-12(15)17(11)21/h1-8,10H,9H2. The molecule has 0 unspecified atom stereocenters. The van der Waals surface area contributed by atoms with Gasteiger partial charge in [-0.1, -0.05) is 24.3 Å². The van der Waals surface area contributed by atoms with E-state index >= 15 is 0 Å². The SMILES string of the molecule is O=C(Cc1coc2ccccc2c1=O)c1nc2ccccc2s1. The first-order valence-electron chi connectivity index (χ1n) is 7.10. The summed E-state index contributed by atoms with van der Waals surface area (Å²) in [6, 6.07) is 14.6. The molecule has 112 valence electrons. The van der Waals surface area contributed by atoms with E-state index in [0.29, 0.717) is 21.5 Å². The lowest BCUT2D eigenvalue weighted by atomic mass is 10.1. The summed E-state index contributed by atoms with van der Waals surface area (Å²) in [5.41, 5.74) is 1.51. The summed E-state index contributed by atoms with van der Waals surface area (Å²) >= 11 is 1.34. The number of hydrogen-bond acceptors (Lipinski definition) is 5. The number of aromatic nitrogens is 1. The molecule has 2 aromatic heterocycles. The van der Waals surface area contributed by atoms with E-state index in [4.69, 9.17) is 4.42 Å². The molecule has 0 aliphatic rings. The lowest BCUT2D eigenvalue weighted by Gasteiger charge is -2.00. The normalized spacial score (nSPS) is 11.1. The second kappa shape index (κ2) is 5.44. The predicted molar refractivity (Wildman–Crippen MR) is 90.1 cm³/mol. The van der Waals surface area contributed by atoms with Crippen molar-refractivity contribution in [3.63, 3.8) is 0 Å². The van der Waals surface area contributed by atoms with Crippen molar-refractivity contribution in [1.82, 2.24) is 4.98 Å². The Hall–Kier alpha value is -2.79. The number of hydrogen-bond donors (Lipinski definition) is 0. The lowest BCUT2D eigenvalue weighted by molar-refractivity contribution is 0.0992. The number of carbonyl (C=O) groups excluding carboxylic acids is 1. The summed E-state index contributed by atoms with van der Waals surface area (Å²) in [6.07, 6.45) is 1.36. The predicted octanol–water partition coefficient (Wildman–Crippen LogP) is 3.83. The molecule has 0 bridgehead atoms. The number of ketones is 1. The minimum Gasteiger partial charge on any atom is -0.464 e. The molecule has 0 radical (unpaired) electrons. The van der Waals surface area contributed by atoms with Crippen LogP contribution in [-0.4, -0.2) is 10.8 Å². The van der Waals surface area contributed by atoms with Crippen LogP contribution in [0, 0.1) is 0 Å². The van der Waals surface area contributed by atoms with Crippen molar-refractivity contribution in [3.8, 4) is 0 Å². The van der Waals surface area contributed by atoms with Crippen molar-refractivity contribution in [2.24, 2.45) is 0 Å². The highest BCUT2D eigenvalue weighted by Crippen LogP contribution is 2.22. The molecular formula is C18H11NO3S. The molecule has 0 saturated carbocycles. The van der Waals surface area contributed by atoms with Crippen LogP contribution < -0.4 is 5.43 Å². The van der Waals surface area contributed by atoms with Gasteiger partial charge in [0.05, 0.1) is 21.9 Å². The largest absolute Gasteiger partial charge is 0.464 e. The first kappa shape index (κ1) is 13.8. The molecular weight excluding hydrogens is 310 g/mol. The van der Waals surface area contributed by atoms with Gasteiger partial charge in [0.15, 0.2) is 16.2 Å². The Balaban J connectivity index is 1.71. The smallest absolute Gasteiger partial charge is 0.196 e. The van der Waals surface area contributed by atoms with E-state index in [1.807, 2.05) is 24.3 Å². The maximum atomic E-state index is 12.4. The molecule has 0 atom stereocenters. The van der Waals surface area contributed by atoms with Crippen molar-refractivity contribution in [3.05, 3.63) is 75.6 Å². The molecule has 0 N–H and O–H groups in total. The van der Waals surface area contributed by atoms with Crippen LogP contribution in [0.1, 0.15) is 15.4 Å². The average Bonchev–Trinajstić information content (AvgIpc) is 3.02. The zero-order chi connectivity index (χ0) is 15.8. The summed E-state index contributed by atoms with van der Waals surface area (Å²) in [5.74, 6) is -0.172. The van der Waals surface area contributed by atoms with Gasteiger partial charge in [0.2, 0.25) is 0 Å². The zero-order valence-corrected chi connectivity index (χ0v) is 12.8. The number of para-hydroxylation sites is 2. The van der Waals surface area contributed by atoms with Crippen molar-refractivity contribution in [2.45, 2.75) is 6.42 Å². The number of rotatable bonds is 3. The molecule has 4 rings (SSSR count).